The van der Waals surface area contributed by atoms with Crippen molar-refractivity contribution in [2.24, 2.45) is 0 Å². The quantitative estimate of drug-likeness (QED) is 0.597. The van der Waals surface area contributed by atoms with Gasteiger partial charge in [-0.15, -0.1) is 10.2 Å². The number of anilines is 1. The number of nitrogens with zero attached hydrogens (tertiary/aromatic N) is 4. The zero-order chi connectivity index (χ0) is 20.1. The minimum Gasteiger partial charge on any atom is -0.325 e. The summed E-state index contributed by atoms with van der Waals surface area (Å²) in [6.07, 6.45) is 4.44. The van der Waals surface area contributed by atoms with Crippen LogP contribution < -0.4 is 5.32 Å². The van der Waals surface area contributed by atoms with Crippen molar-refractivity contribution >= 4 is 23.4 Å². The SMILES string of the molecule is CCCn1c(S[C@@H](C)C(=O)Nc2c(C)cccc2C)nnc1-c1ccncc1. The van der Waals surface area contributed by atoms with Crippen molar-refractivity contribution in [3.8, 4) is 11.4 Å². The van der Waals surface area contributed by atoms with Crippen LogP contribution in [0, 0.1) is 13.8 Å². The highest BCUT2D eigenvalue weighted by atomic mass is 32.2. The standard InChI is InChI=1S/C21H25N5OS/c1-5-13-26-19(17-9-11-22-12-10-17)24-25-21(26)28-16(4)20(27)23-18-14(2)7-6-8-15(18)3/h6-12,16H,5,13H2,1-4H3,(H,23,27)/t16-/m0/s1. The summed E-state index contributed by atoms with van der Waals surface area (Å²) in [7, 11) is 0. The molecule has 0 aliphatic carbocycles. The summed E-state index contributed by atoms with van der Waals surface area (Å²) in [6.45, 7) is 8.80. The Balaban J connectivity index is 1.79. The van der Waals surface area contributed by atoms with Crippen molar-refractivity contribution in [2.45, 2.75) is 51.1 Å². The number of nitrogens with one attached hydrogen (secondary N) is 1. The van der Waals surface area contributed by atoms with Gasteiger partial charge in [0.15, 0.2) is 11.0 Å². The average molecular weight is 396 g/mol. The Kier molecular flexibility index (Phi) is 6.46. The lowest BCUT2D eigenvalue weighted by Gasteiger charge is -2.16. The van der Waals surface area contributed by atoms with E-state index >= 15 is 0 Å². The Bertz CT molecular complexity index is 934. The fraction of sp³-hybridized carbons (Fsp3) is 0.333. The minimum atomic E-state index is -0.302. The van der Waals surface area contributed by atoms with Crippen LogP contribution in [-0.4, -0.2) is 30.9 Å². The normalized spacial score (nSPS) is 12.0. The number of rotatable bonds is 7. The van der Waals surface area contributed by atoms with Crippen LogP contribution in [0.3, 0.4) is 0 Å². The molecule has 0 spiro atoms. The molecule has 0 fully saturated rings. The van der Waals surface area contributed by atoms with E-state index in [-0.39, 0.29) is 11.2 Å². The predicted molar refractivity (Wildman–Crippen MR) is 113 cm³/mol. The first-order valence-corrected chi connectivity index (χ1v) is 10.3. The molecule has 3 rings (SSSR count). The first-order valence-electron chi connectivity index (χ1n) is 9.38. The lowest BCUT2D eigenvalue weighted by Crippen LogP contribution is -2.24. The van der Waals surface area contributed by atoms with Crippen molar-refractivity contribution in [1.82, 2.24) is 19.7 Å². The third-order valence-corrected chi connectivity index (χ3v) is 5.56. The van der Waals surface area contributed by atoms with Gasteiger partial charge in [0.05, 0.1) is 5.25 Å². The van der Waals surface area contributed by atoms with Crippen molar-refractivity contribution in [3.05, 3.63) is 53.9 Å². The summed E-state index contributed by atoms with van der Waals surface area (Å²) in [5.41, 5.74) is 3.96. The maximum absolute atomic E-state index is 12.8. The number of aromatic nitrogens is 4. The number of hydrogen-bond donors (Lipinski definition) is 1. The highest BCUT2D eigenvalue weighted by Gasteiger charge is 2.21. The molecule has 1 amide bonds. The third-order valence-electron chi connectivity index (χ3n) is 4.48. The predicted octanol–water partition coefficient (Wildman–Crippen LogP) is 4.49. The smallest absolute Gasteiger partial charge is 0.237 e. The van der Waals surface area contributed by atoms with Crippen LogP contribution in [0.5, 0.6) is 0 Å². The molecule has 1 N–H and O–H groups in total. The number of benzene rings is 1. The molecule has 7 heteroatoms. The molecule has 3 aromatic rings. The van der Waals surface area contributed by atoms with Crippen LogP contribution >= 0.6 is 11.8 Å². The van der Waals surface area contributed by atoms with Gasteiger partial charge in [0.1, 0.15) is 0 Å². The molecule has 0 aliphatic rings. The van der Waals surface area contributed by atoms with Gasteiger partial charge < -0.3 is 9.88 Å². The number of para-hydroxylation sites is 1. The van der Waals surface area contributed by atoms with E-state index < -0.39 is 0 Å². The molecule has 1 aromatic carbocycles. The molecular weight excluding hydrogens is 370 g/mol. The van der Waals surface area contributed by atoms with E-state index in [0.29, 0.717) is 0 Å². The molecule has 2 aromatic heterocycles. The summed E-state index contributed by atoms with van der Waals surface area (Å²) in [5.74, 6) is 0.757. The summed E-state index contributed by atoms with van der Waals surface area (Å²) < 4.78 is 2.07. The number of carbonyl (C=O) groups is 1. The van der Waals surface area contributed by atoms with Crippen LogP contribution in [0.1, 0.15) is 31.4 Å². The molecule has 28 heavy (non-hydrogen) atoms. The maximum atomic E-state index is 12.8. The average Bonchev–Trinajstić information content (AvgIpc) is 3.08. The van der Waals surface area contributed by atoms with E-state index in [1.54, 1.807) is 12.4 Å². The summed E-state index contributed by atoms with van der Waals surface area (Å²) in [4.78, 5) is 16.8. The van der Waals surface area contributed by atoms with E-state index in [1.165, 1.54) is 11.8 Å². The number of hydrogen-bond acceptors (Lipinski definition) is 5. The van der Waals surface area contributed by atoms with Gasteiger partial charge in [-0.3, -0.25) is 9.78 Å². The summed E-state index contributed by atoms with van der Waals surface area (Å²) in [5, 5.41) is 12.2. The van der Waals surface area contributed by atoms with Gasteiger partial charge in [-0.1, -0.05) is 36.9 Å². The van der Waals surface area contributed by atoms with Gasteiger partial charge >= 0.3 is 0 Å². The number of aryl methyl sites for hydroxylation is 2. The first kappa shape index (κ1) is 20.1. The second-order valence-corrected chi connectivity index (χ2v) is 8.02. The van der Waals surface area contributed by atoms with Crippen LogP contribution in [0.4, 0.5) is 5.69 Å². The number of thioether (sulfide) groups is 1. The molecule has 0 aliphatic heterocycles. The summed E-state index contributed by atoms with van der Waals surface area (Å²) in [6, 6.07) is 9.83. The van der Waals surface area contributed by atoms with E-state index in [2.05, 4.69) is 32.0 Å². The van der Waals surface area contributed by atoms with E-state index in [0.717, 1.165) is 46.3 Å². The van der Waals surface area contributed by atoms with Crippen molar-refractivity contribution in [2.75, 3.05) is 5.32 Å². The van der Waals surface area contributed by atoms with Crippen molar-refractivity contribution in [3.63, 3.8) is 0 Å². The number of carbonyl (C=O) groups excluding carboxylic acids is 1. The van der Waals surface area contributed by atoms with Gasteiger partial charge in [-0.25, -0.2) is 0 Å². The minimum absolute atomic E-state index is 0.0427. The Labute approximate surface area is 169 Å². The Hall–Kier alpha value is -2.67. The highest BCUT2D eigenvalue weighted by molar-refractivity contribution is 8.00. The zero-order valence-corrected chi connectivity index (χ0v) is 17.5. The molecule has 0 bridgehead atoms. The topological polar surface area (TPSA) is 72.7 Å². The Morgan fingerprint density at radius 3 is 2.46 bits per heavy atom. The molecule has 0 radical (unpaired) electrons. The van der Waals surface area contributed by atoms with Gasteiger partial charge in [0.2, 0.25) is 5.91 Å². The van der Waals surface area contributed by atoms with Crippen molar-refractivity contribution in [1.29, 1.82) is 0 Å². The lowest BCUT2D eigenvalue weighted by molar-refractivity contribution is -0.115. The van der Waals surface area contributed by atoms with Crippen LogP contribution in [0.2, 0.25) is 0 Å². The van der Waals surface area contributed by atoms with Gasteiger partial charge in [0.25, 0.3) is 0 Å². The van der Waals surface area contributed by atoms with Crippen molar-refractivity contribution < 1.29 is 4.79 Å². The third kappa shape index (κ3) is 4.42. The fourth-order valence-corrected chi connectivity index (χ4v) is 3.84. The number of pyridine rings is 1. The molecular formula is C21H25N5OS. The summed E-state index contributed by atoms with van der Waals surface area (Å²) >= 11 is 1.43. The molecule has 2 heterocycles. The molecule has 146 valence electrons. The molecule has 1 atom stereocenters. The zero-order valence-electron chi connectivity index (χ0n) is 16.6. The first-order chi connectivity index (χ1) is 13.5. The fourth-order valence-electron chi connectivity index (χ4n) is 2.96. The van der Waals surface area contributed by atoms with E-state index in [4.69, 9.17) is 0 Å². The van der Waals surface area contributed by atoms with Crippen LogP contribution in [0.15, 0.2) is 47.9 Å². The highest BCUT2D eigenvalue weighted by Crippen LogP contribution is 2.28. The second-order valence-electron chi connectivity index (χ2n) is 6.71. The molecule has 0 unspecified atom stereocenters. The molecule has 0 saturated carbocycles. The monoisotopic (exact) mass is 395 g/mol. The van der Waals surface area contributed by atoms with Gasteiger partial charge in [-0.05, 0) is 50.5 Å². The number of amides is 1. The van der Waals surface area contributed by atoms with E-state index in [9.17, 15) is 4.79 Å². The molecule has 0 saturated heterocycles. The molecule has 6 nitrogen and oxygen atoms in total. The van der Waals surface area contributed by atoms with Crippen LogP contribution in [-0.2, 0) is 11.3 Å². The van der Waals surface area contributed by atoms with Gasteiger partial charge in [0, 0.05) is 30.2 Å². The Morgan fingerprint density at radius 2 is 1.82 bits per heavy atom. The Morgan fingerprint density at radius 1 is 1.14 bits per heavy atom. The largest absolute Gasteiger partial charge is 0.325 e. The lowest BCUT2D eigenvalue weighted by atomic mass is 10.1. The maximum Gasteiger partial charge on any atom is 0.237 e. The van der Waals surface area contributed by atoms with Gasteiger partial charge in [-0.2, -0.15) is 0 Å². The van der Waals surface area contributed by atoms with Crippen LogP contribution in [0.25, 0.3) is 11.4 Å². The second kappa shape index (κ2) is 9.01. The van der Waals surface area contributed by atoms with E-state index in [1.807, 2.05) is 51.1 Å².